The summed E-state index contributed by atoms with van der Waals surface area (Å²) < 4.78 is 0. The molecule has 0 saturated carbocycles. The molecule has 0 saturated heterocycles. The first kappa shape index (κ1) is 21.9. The van der Waals surface area contributed by atoms with Gasteiger partial charge in [0.1, 0.15) is 12.1 Å². The summed E-state index contributed by atoms with van der Waals surface area (Å²) in [5, 5.41) is 18.5. The number of hydrogen-bond donors (Lipinski definition) is 3. The van der Waals surface area contributed by atoms with Crippen molar-refractivity contribution in [2.75, 3.05) is 14.1 Å². The van der Waals surface area contributed by atoms with Gasteiger partial charge in [-0.1, -0.05) is 59.6 Å². The van der Waals surface area contributed by atoms with Crippen molar-refractivity contribution in [2.45, 2.75) is 12.1 Å². The number of carbonyl (C=O) groups is 2. The molecule has 0 aromatic heterocycles. The quantitative estimate of drug-likeness (QED) is 0.712. The van der Waals surface area contributed by atoms with E-state index in [0.717, 1.165) is 0 Å². The molecule has 0 radical (unpaired) electrons. The predicted molar refractivity (Wildman–Crippen MR) is 102 cm³/mol. The first-order valence-electron chi connectivity index (χ1n) is 7.53. The molecule has 2 atom stereocenters. The fourth-order valence-electron chi connectivity index (χ4n) is 2.19. The van der Waals surface area contributed by atoms with Crippen LogP contribution in [0.1, 0.15) is 23.2 Å². The Morgan fingerprint density at radius 2 is 1.31 bits per heavy atom. The summed E-state index contributed by atoms with van der Waals surface area (Å²) in [6.07, 6.45) is 0. The number of carboxylic acids is 2. The molecule has 2 rings (SSSR count). The van der Waals surface area contributed by atoms with Crippen molar-refractivity contribution < 1.29 is 19.8 Å². The Bertz CT molecular complexity index is 768. The molecule has 0 spiro atoms. The third-order valence-electron chi connectivity index (χ3n) is 3.46. The summed E-state index contributed by atoms with van der Waals surface area (Å²) >= 11 is 11.6. The highest BCUT2D eigenvalue weighted by molar-refractivity contribution is 6.32. The lowest BCUT2D eigenvalue weighted by Crippen LogP contribution is -2.27. The van der Waals surface area contributed by atoms with Crippen molar-refractivity contribution in [2.24, 2.45) is 5.73 Å². The zero-order chi connectivity index (χ0) is 19.9. The van der Waals surface area contributed by atoms with Gasteiger partial charge in [0, 0.05) is 10.0 Å². The van der Waals surface area contributed by atoms with Gasteiger partial charge >= 0.3 is 11.9 Å². The van der Waals surface area contributed by atoms with Crippen LogP contribution < -0.4 is 5.73 Å². The first-order chi connectivity index (χ1) is 12.2. The van der Waals surface area contributed by atoms with Crippen LogP contribution in [0, 0.1) is 0 Å². The molecule has 0 bridgehead atoms. The summed E-state index contributed by atoms with van der Waals surface area (Å²) in [5.41, 5.74) is 6.41. The first-order valence-corrected chi connectivity index (χ1v) is 8.28. The second kappa shape index (κ2) is 10.1. The largest absolute Gasteiger partial charge is 0.480 e. The molecule has 0 aliphatic carbocycles. The highest BCUT2D eigenvalue weighted by Gasteiger charge is 2.23. The number of benzene rings is 2. The lowest BCUT2D eigenvalue weighted by atomic mass is 10.1. The molecule has 0 amide bonds. The number of likely N-dealkylation sites (N-methyl/N-ethyl adjacent to an activating group) is 1. The van der Waals surface area contributed by atoms with Crippen molar-refractivity contribution in [1.82, 2.24) is 4.90 Å². The fourth-order valence-corrected chi connectivity index (χ4v) is 2.68. The zero-order valence-corrected chi connectivity index (χ0v) is 15.8. The van der Waals surface area contributed by atoms with Gasteiger partial charge in [0.2, 0.25) is 0 Å². The van der Waals surface area contributed by atoms with E-state index in [1.54, 1.807) is 67.5 Å². The molecule has 0 aliphatic rings. The Hall–Kier alpha value is -2.12. The number of aliphatic carboxylic acids is 2. The molecule has 1 unspecified atom stereocenters. The predicted octanol–water partition coefficient (Wildman–Crippen LogP) is 3.45. The van der Waals surface area contributed by atoms with E-state index in [9.17, 15) is 9.59 Å². The van der Waals surface area contributed by atoms with E-state index in [2.05, 4.69) is 0 Å². The molecule has 26 heavy (non-hydrogen) atoms. The minimum absolute atomic E-state index is 0.382. The van der Waals surface area contributed by atoms with Crippen molar-refractivity contribution in [3.05, 3.63) is 69.7 Å². The smallest absolute Gasteiger partial charge is 0.325 e. The lowest BCUT2D eigenvalue weighted by molar-refractivity contribution is -0.142. The SMILES string of the molecule is CN(C)C(C(=O)O)c1ccccc1Cl.N[C@@H](C(=O)O)c1ccccc1Cl. The molecule has 8 heteroatoms. The van der Waals surface area contributed by atoms with Gasteiger partial charge in [-0.2, -0.15) is 0 Å². The van der Waals surface area contributed by atoms with Gasteiger partial charge in [-0.25, -0.2) is 0 Å². The Morgan fingerprint density at radius 1 is 0.885 bits per heavy atom. The van der Waals surface area contributed by atoms with E-state index >= 15 is 0 Å². The van der Waals surface area contributed by atoms with Gasteiger partial charge in [-0.15, -0.1) is 0 Å². The van der Waals surface area contributed by atoms with Gasteiger partial charge in [0.05, 0.1) is 0 Å². The van der Waals surface area contributed by atoms with Crippen LogP contribution in [0.25, 0.3) is 0 Å². The minimum Gasteiger partial charge on any atom is -0.480 e. The van der Waals surface area contributed by atoms with Gasteiger partial charge in [-0.05, 0) is 37.4 Å². The fraction of sp³-hybridized carbons (Fsp3) is 0.222. The normalized spacial score (nSPS) is 12.7. The average Bonchev–Trinajstić information content (AvgIpc) is 2.56. The van der Waals surface area contributed by atoms with Crippen molar-refractivity contribution in [3.63, 3.8) is 0 Å². The topological polar surface area (TPSA) is 104 Å². The Kier molecular flexibility index (Phi) is 8.54. The van der Waals surface area contributed by atoms with Crippen LogP contribution in [0.2, 0.25) is 10.0 Å². The summed E-state index contributed by atoms with van der Waals surface area (Å²) in [6, 6.07) is 11.9. The lowest BCUT2D eigenvalue weighted by Gasteiger charge is -2.21. The van der Waals surface area contributed by atoms with Crippen LogP contribution in [0.3, 0.4) is 0 Å². The molecule has 2 aromatic carbocycles. The molecular formula is C18H20Cl2N2O4. The molecule has 0 heterocycles. The summed E-state index contributed by atoms with van der Waals surface area (Å²) in [6.45, 7) is 0. The van der Waals surface area contributed by atoms with Crippen LogP contribution in [-0.4, -0.2) is 41.1 Å². The number of nitrogens with two attached hydrogens (primary N) is 1. The molecule has 0 fully saturated rings. The van der Waals surface area contributed by atoms with E-state index in [1.165, 1.54) is 0 Å². The van der Waals surface area contributed by atoms with Crippen molar-refractivity contribution in [3.8, 4) is 0 Å². The van der Waals surface area contributed by atoms with Crippen LogP contribution in [0.4, 0.5) is 0 Å². The second-order valence-electron chi connectivity index (χ2n) is 5.56. The number of rotatable bonds is 5. The van der Waals surface area contributed by atoms with Gasteiger partial charge in [0.15, 0.2) is 0 Å². The van der Waals surface area contributed by atoms with Crippen molar-refractivity contribution in [1.29, 1.82) is 0 Å². The third kappa shape index (κ3) is 6.00. The molecule has 4 N–H and O–H groups in total. The van der Waals surface area contributed by atoms with Gasteiger partial charge in [0.25, 0.3) is 0 Å². The van der Waals surface area contributed by atoms with E-state index < -0.39 is 24.0 Å². The van der Waals surface area contributed by atoms with Gasteiger partial charge in [-0.3, -0.25) is 14.5 Å². The standard InChI is InChI=1S/C10H12ClNO2.C8H8ClNO2/c1-12(2)9(10(13)14)7-5-3-4-6-8(7)11;9-6-4-2-1-3-5(6)7(10)8(11)12/h3-6,9H,1-2H3,(H,13,14);1-4,7H,10H2,(H,11,12)/t;7-/m.1/s1. The number of hydrogen-bond acceptors (Lipinski definition) is 4. The van der Waals surface area contributed by atoms with Crippen LogP contribution >= 0.6 is 23.2 Å². The van der Waals surface area contributed by atoms with E-state index in [-0.39, 0.29) is 0 Å². The summed E-state index contributed by atoms with van der Waals surface area (Å²) in [4.78, 5) is 23.1. The van der Waals surface area contributed by atoms with Crippen molar-refractivity contribution >= 4 is 35.1 Å². The maximum Gasteiger partial charge on any atom is 0.325 e. The Labute approximate surface area is 161 Å². The monoisotopic (exact) mass is 398 g/mol. The highest BCUT2D eigenvalue weighted by Crippen LogP contribution is 2.25. The number of halogens is 2. The third-order valence-corrected chi connectivity index (χ3v) is 4.14. The summed E-state index contributed by atoms with van der Waals surface area (Å²) in [5.74, 6) is -1.98. The highest BCUT2D eigenvalue weighted by atomic mass is 35.5. The maximum atomic E-state index is 11.0. The van der Waals surface area contributed by atoms with Gasteiger partial charge < -0.3 is 15.9 Å². The molecule has 2 aromatic rings. The van der Waals surface area contributed by atoms with E-state index in [4.69, 9.17) is 39.1 Å². The van der Waals surface area contributed by atoms with Crippen LogP contribution in [-0.2, 0) is 9.59 Å². The molecule has 0 aliphatic heterocycles. The van der Waals surface area contributed by atoms with Crippen LogP contribution in [0.15, 0.2) is 48.5 Å². The average molecular weight is 399 g/mol. The molecule has 140 valence electrons. The van der Waals surface area contributed by atoms with E-state index in [0.29, 0.717) is 21.2 Å². The molecule has 6 nitrogen and oxygen atoms in total. The summed E-state index contributed by atoms with van der Waals surface area (Å²) in [7, 11) is 3.42. The number of carboxylic acid groups (broad SMARTS) is 2. The Balaban J connectivity index is 0.000000263. The van der Waals surface area contributed by atoms with Crippen LogP contribution in [0.5, 0.6) is 0 Å². The molecular weight excluding hydrogens is 379 g/mol. The second-order valence-corrected chi connectivity index (χ2v) is 6.38. The van der Waals surface area contributed by atoms with E-state index in [1.807, 2.05) is 0 Å². The number of nitrogens with zero attached hydrogens (tertiary/aromatic N) is 1. The zero-order valence-electron chi connectivity index (χ0n) is 14.3. The Morgan fingerprint density at radius 3 is 1.65 bits per heavy atom. The minimum atomic E-state index is -1.08. The maximum absolute atomic E-state index is 11.0.